The summed E-state index contributed by atoms with van der Waals surface area (Å²) in [5.74, 6) is 6.46. The summed E-state index contributed by atoms with van der Waals surface area (Å²) in [6.07, 6.45) is 2.32. The molecule has 102 valence electrons. The highest BCUT2D eigenvalue weighted by molar-refractivity contribution is 5.94. The highest BCUT2D eigenvalue weighted by Gasteiger charge is 1.99. The van der Waals surface area contributed by atoms with E-state index in [2.05, 4.69) is 30.6 Å². The molecule has 0 heterocycles. The molecule has 0 aliphatic carbocycles. The van der Waals surface area contributed by atoms with E-state index >= 15 is 0 Å². The zero-order valence-electron chi connectivity index (χ0n) is 12.2. The van der Waals surface area contributed by atoms with E-state index in [4.69, 9.17) is 0 Å². The van der Waals surface area contributed by atoms with Crippen molar-refractivity contribution in [2.75, 3.05) is 19.6 Å². The summed E-state index contributed by atoms with van der Waals surface area (Å²) in [6.45, 7) is 8.98. The molecule has 0 aliphatic rings. The molecule has 1 aromatic rings. The fourth-order valence-electron chi connectivity index (χ4n) is 1.94. The third kappa shape index (κ3) is 5.72. The lowest BCUT2D eigenvalue weighted by molar-refractivity contribution is 0.101. The van der Waals surface area contributed by atoms with Crippen molar-refractivity contribution in [1.82, 2.24) is 4.90 Å². The first kappa shape index (κ1) is 15.5. The molecule has 0 bridgehead atoms. The summed E-state index contributed by atoms with van der Waals surface area (Å²) in [6, 6.07) is 7.49. The lowest BCUT2D eigenvalue weighted by atomic mass is 10.1. The van der Waals surface area contributed by atoms with Gasteiger partial charge in [0, 0.05) is 11.1 Å². The summed E-state index contributed by atoms with van der Waals surface area (Å²) in [5.41, 5.74) is 1.71. The molecule has 0 atom stereocenters. The summed E-state index contributed by atoms with van der Waals surface area (Å²) in [4.78, 5) is 13.5. The Hall–Kier alpha value is -1.59. The van der Waals surface area contributed by atoms with Gasteiger partial charge in [0.2, 0.25) is 0 Å². The first-order chi connectivity index (χ1) is 9.17. The SMILES string of the molecule is CCCN(CC#Cc1ccc(C(C)=O)cc1)CCC. The molecular formula is C17H23NO. The van der Waals surface area contributed by atoms with E-state index in [0.717, 1.165) is 43.6 Å². The molecule has 0 aliphatic heterocycles. The summed E-state index contributed by atoms with van der Waals surface area (Å²) < 4.78 is 0. The minimum Gasteiger partial charge on any atom is -0.295 e. The number of carbonyl (C=O) groups excluding carboxylic acids is 1. The van der Waals surface area contributed by atoms with Crippen LogP contribution in [0.25, 0.3) is 0 Å². The van der Waals surface area contributed by atoms with Crippen LogP contribution in [0, 0.1) is 11.8 Å². The first-order valence-corrected chi connectivity index (χ1v) is 6.99. The fourth-order valence-corrected chi connectivity index (χ4v) is 1.94. The van der Waals surface area contributed by atoms with Crippen molar-refractivity contribution in [3.05, 3.63) is 35.4 Å². The largest absolute Gasteiger partial charge is 0.295 e. The molecule has 0 saturated heterocycles. The van der Waals surface area contributed by atoms with Crippen LogP contribution in [-0.2, 0) is 0 Å². The van der Waals surface area contributed by atoms with Gasteiger partial charge < -0.3 is 0 Å². The number of rotatable bonds is 6. The Kier molecular flexibility index (Phi) is 6.92. The number of Topliss-reactive ketones (excluding diaryl/α,β-unsaturated/α-hetero) is 1. The van der Waals surface area contributed by atoms with Gasteiger partial charge in [0.25, 0.3) is 0 Å². The van der Waals surface area contributed by atoms with E-state index in [-0.39, 0.29) is 5.78 Å². The van der Waals surface area contributed by atoms with Crippen molar-refractivity contribution in [2.24, 2.45) is 0 Å². The molecule has 0 fully saturated rings. The van der Waals surface area contributed by atoms with Crippen molar-refractivity contribution in [3.8, 4) is 11.8 Å². The summed E-state index contributed by atoms with van der Waals surface area (Å²) in [7, 11) is 0. The van der Waals surface area contributed by atoms with Crippen molar-refractivity contribution in [3.63, 3.8) is 0 Å². The fraction of sp³-hybridized carbons (Fsp3) is 0.471. The Morgan fingerprint density at radius 3 is 2.16 bits per heavy atom. The standard InChI is InChI=1S/C17H23NO/c1-4-12-18(13-5-2)14-6-7-16-8-10-17(11-9-16)15(3)19/h8-11H,4-5,12-14H2,1-3H3. The molecule has 1 rings (SSSR count). The van der Waals surface area contributed by atoms with Gasteiger partial charge in [-0.25, -0.2) is 0 Å². The van der Waals surface area contributed by atoms with E-state index in [1.54, 1.807) is 6.92 Å². The van der Waals surface area contributed by atoms with Gasteiger partial charge in [-0.15, -0.1) is 0 Å². The maximum Gasteiger partial charge on any atom is 0.159 e. The topological polar surface area (TPSA) is 20.3 Å². The van der Waals surface area contributed by atoms with Crippen LogP contribution in [0.1, 0.15) is 49.5 Å². The number of nitrogens with zero attached hydrogens (tertiary/aromatic N) is 1. The Labute approximate surface area is 116 Å². The van der Waals surface area contributed by atoms with E-state index < -0.39 is 0 Å². The maximum absolute atomic E-state index is 11.2. The first-order valence-electron chi connectivity index (χ1n) is 6.99. The molecule has 0 radical (unpaired) electrons. The number of benzene rings is 1. The van der Waals surface area contributed by atoms with Crippen molar-refractivity contribution < 1.29 is 4.79 Å². The molecular weight excluding hydrogens is 234 g/mol. The molecule has 0 unspecified atom stereocenters. The average molecular weight is 257 g/mol. The lowest BCUT2D eigenvalue weighted by Gasteiger charge is -2.17. The van der Waals surface area contributed by atoms with Crippen LogP contribution in [0.2, 0.25) is 0 Å². The van der Waals surface area contributed by atoms with Gasteiger partial charge >= 0.3 is 0 Å². The van der Waals surface area contributed by atoms with Crippen molar-refractivity contribution in [2.45, 2.75) is 33.6 Å². The van der Waals surface area contributed by atoms with Gasteiger partial charge in [-0.1, -0.05) is 37.8 Å². The van der Waals surface area contributed by atoms with Crippen molar-refractivity contribution >= 4 is 5.78 Å². The Balaban J connectivity index is 2.59. The summed E-state index contributed by atoms with van der Waals surface area (Å²) in [5, 5.41) is 0. The molecule has 2 heteroatoms. The number of hydrogen-bond donors (Lipinski definition) is 0. The van der Waals surface area contributed by atoms with Crippen LogP contribution in [0.3, 0.4) is 0 Å². The smallest absolute Gasteiger partial charge is 0.159 e. The van der Waals surface area contributed by atoms with E-state index in [9.17, 15) is 4.79 Å². The van der Waals surface area contributed by atoms with Crippen LogP contribution in [0.5, 0.6) is 0 Å². The highest BCUT2D eigenvalue weighted by Crippen LogP contribution is 2.03. The van der Waals surface area contributed by atoms with Gasteiger partial charge in [-0.2, -0.15) is 0 Å². The third-order valence-electron chi connectivity index (χ3n) is 2.91. The predicted molar refractivity (Wildman–Crippen MR) is 80.3 cm³/mol. The minimum absolute atomic E-state index is 0.0941. The van der Waals surface area contributed by atoms with Gasteiger partial charge in [0.05, 0.1) is 6.54 Å². The van der Waals surface area contributed by atoms with Crippen LogP contribution < -0.4 is 0 Å². The van der Waals surface area contributed by atoms with Crippen molar-refractivity contribution in [1.29, 1.82) is 0 Å². The highest BCUT2D eigenvalue weighted by atomic mass is 16.1. The second-order valence-electron chi connectivity index (χ2n) is 4.71. The lowest BCUT2D eigenvalue weighted by Crippen LogP contribution is -2.25. The summed E-state index contributed by atoms with van der Waals surface area (Å²) >= 11 is 0. The molecule has 0 N–H and O–H groups in total. The third-order valence-corrected chi connectivity index (χ3v) is 2.91. The molecule has 1 aromatic carbocycles. The second kappa shape index (κ2) is 8.50. The van der Waals surface area contributed by atoms with E-state index in [0.29, 0.717) is 0 Å². The Bertz CT molecular complexity index is 444. The zero-order chi connectivity index (χ0) is 14.1. The van der Waals surface area contributed by atoms with E-state index in [1.807, 2.05) is 24.3 Å². The molecule has 0 amide bonds. The zero-order valence-corrected chi connectivity index (χ0v) is 12.2. The molecule has 0 saturated carbocycles. The van der Waals surface area contributed by atoms with Crippen LogP contribution in [0.4, 0.5) is 0 Å². The Morgan fingerprint density at radius 2 is 1.68 bits per heavy atom. The van der Waals surface area contributed by atoms with Gasteiger partial charge in [0.1, 0.15) is 0 Å². The monoisotopic (exact) mass is 257 g/mol. The molecule has 0 aromatic heterocycles. The Morgan fingerprint density at radius 1 is 1.11 bits per heavy atom. The maximum atomic E-state index is 11.2. The normalized spacial score (nSPS) is 10.1. The second-order valence-corrected chi connectivity index (χ2v) is 4.71. The average Bonchev–Trinajstić information content (AvgIpc) is 2.40. The van der Waals surface area contributed by atoms with Crippen LogP contribution in [0.15, 0.2) is 24.3 Å². The quantitative estimate of drug-likeness (QED) is 0.575. The van der Waals surface area contributed by atoms with Crippen LogP contribution in [-0.4, -0.2) is 30.3 Å². The number of hydrogen-bond acceptors (Lipinski definition) is 2. The molecule has 19 heavy (non-hydrogen) atoms. The predicted octanol–water partition coefficient (Wildman–Crippen LogP) is 3.36. The van der Waals surface area contributed by atoms with Gasteiger partial charge in [0.15, 0.2) is 5.78 Å². The van der Waals surface area contributed by atoms with E-state index in [1.165, 1.54) is 0 Å². The van der Waals surface area contributed by atoms with Gasteiger partial charge in [-0.3, -0.25) is 9.69 Å². The minimum atomic E-state index is 0.0941. The van der Waals surface area contributed by atoms with Crippen LogP contribution >= 0.6 is 0 Å². The number of ketones is 1. The van der Waals surface area contributed by atoms with Gasteiger partial charge in [-0.05, 0) is 45.0 Å². The number of carbonyl (C=O) groups is 1. The molecule has 0 spiro atoms. The molecule has 2 nitrogen and oxygen atoms in total.